The summed E-state index contributed by atoms with van der Waals surface area (Å²) in [6.45, 7) is 6.07. The number of hydrogen-bond acceptors (Lipinski definition) is 4. The maximum Gasteiger partial charge on any atom is 0.119 e. The van der Waals surface area contributed by atoms with Crippen LogP contribution in [0.4, 0.5) is 0 Å². The molecule has 1 aromatic carbocycles. The Bertz CT molecular complexity index is 496. The second kappa shape index (κ2) is 8.80. The number of ether oxygens (including phenoxy) is 1. The van der Waals surface area contributed by atoms with E-state index in [2.05, 4.69) is 48.4 Å². The van der Waals surface area contributed by atoms with Crippen molar-refractivity contribution in [1.82, 2.24) is 10.3 Å². The van der Waals surface area contributed by atoms with Crippen molar-refractivity contribution < 1.29 is 4.74 Å². The van der Waals surface area contributed by atoms with Crippen LogP contribution in [0.2, 0.25) is 0 Å². The van der Waals surface area contributed by atoms with E-state index in [9.17, 15) is 0 Å². The molecule has 0 bridgehead atoms. The van der Waals surface area contributed by atoms with Crippen LogP contribution in [0.3, 0.4) is 0 Å². The summed E-state index contributed by atoms with van der Waals surface area (Å²) in [5.41, 5.74) is 3.19. The van der Waals surface area contributed by atoms with Gasteiger partial charge in [-0.25, -0.2) is 0 Å². The predicted molar refractivity (Wildman–Crippen MR) is 89.1 cm³/mol. The minimum absolute atomic E-state index is 0.333. The molecule has 21 heavy (non-hydrogen) atoms. The second-order valence-corrected chi connectivity index (χ2v) is 6.02. The van der Waals surface area contributed by atoms with Crippen LogP contribution in [0.5, 0.6) is 5.75 Å². The minimum Gasteiger partial charge on any atom is -0.494 e. The number of likely N-dealkylation sites (N-methyl/N-ethyl adjacent to an activating group) is 1. The number of unbranched alkanes of at least 4 members (excludes halogenated alkanes) is 1. The Morgan fingerprint density at radius 2 is 2.05 bits per heavy atom. The minimum atomic E-state index is 0.333. The highest BCUT2D eigenvalue weighted by Gasteiger charge is 2.12. The Morgan fingerprint density at radius 3 is 2.67 bits per heavy atom. The third-order valence-corrected chi connectivity index (χ3v) is 4.19. The van der Waals surface area contributed by atoms with Crippen LogP contribution in [-0.2, 0) is 6.42 Å². The van der Waals surface area contributed by atoms with E-state index < -0.39 is 0 Å². The van der Waals surface area contributed by atoms with Gasteiger partial charge in [-0.2, -0.15) is 0 Å². The van der Waals surface area contributed by atoms with Crippen LogP contribution in [0.1, 0.15) is 43.2 Å². The smallest absolute Gasteiger partial charge is 0.119 e. The van der Waals surface area contributed by atoms with Gasteiger partial charge in [-0.05, 0) is 30.7 Å². The van der Waals surface area contributed by atoms with Gasteiger partial charge in [0.1, 0.15) is 5.75 Å². The fourth-order valence-corrected chi connectivity index (χ4v) is 2.87. The number of benzene rings is 1. The number of hydrogen-bond donors (Lipinski definition) is 1. The van der Waals surface area contributed by atoms with E-state index in [0.29, 0.717) is 6.04 Å². The summed E-state index contributed by atoms with van der Waals surface area (Å²) in [5, 5.41) is 3.55. The Morgan fingerprint density at radius 1 is 1.24 bits per heavy atom. The first-order valence-corrected chi connectivity index (χ1v) is 8.55. The molecule has 0 aliphatic rings. The lowest BCUT2D eigenvalue weighted by atomic mass is 10.0. The van der Waals surface area contributed by atoms with Gasteiger partial charge in [-0.15, -0.1) is 11.3 Å². The molecule has 1 heterocycles. The van der Waals surface area contributed by atoms with E-state index in [0.717, 1.165) is 38.2 Å². The van der Waals surface area contributed by atoms with Crippen molar-refractivity contribution in [3.63, 3.8) is 0 Å². The maximum atomic E-state index is 5.72. The van der Waals surface area contributed by atoms with E-state index in [4.69, 9.17) is 4.74 Å². The third-order valence-electron chi connectivity index (χ3n) is 3.39. The van der Waals surface area contributed by atoms with E-state index in [1.165, 1.54) is 10.4 Å². The van der Waals surface area contributed by atoms with Gasteiger partial charge < -0.3 is 10.1 Å². The summed E-state index contributed by atoms with van der Waals surface area (Å²) in [4.78, 5) is 5.47. The highest BCUT2D eigenvalue weighted by molar-refractivity contribution is 7.09. The van der Waals surface area contributed by atoms with Gasteiger partial charge in [0.05, 0.1) is 12.1 Å². The average molecular weight is 304 g/mol. The molecule has 0 saturated carbocycles. The molecule has 4 heteroatoms. The van der Waals surface area contributed by atoms with Crippen LogP contribution < -0.4 is 10.1 Å². The molecule has 0 amide bonds. The Balaban J connectivity index is 1.99. The standard InChI is InChI=1S/C17H24N2OS/c1-3-5-10-20-15-8-6-14(7-9-15)17(19-4-2)11-16-12-18-13-21-16/h6-9,12-13,17,19H,3-5,10-11H2,1-2H3. The van der Waals surface area contributed by atoms with Gasteiger partial charge >= 0.3 is 0 Å². The zero-order chi connectivity index (χ0) is 14.9. The lowest BCUT2D eigenvalue weighted by Crippen LogP contribution is -2.22. The Kier molecular flexibility index (Phi) is 6.70. The molecule has 0 aliphatic carbocycles. The molecule has 3 nitrogen and oxygen atoms in total. The topological polar surface area (TPSA) is 34.1 Å². The van der Waals surface area contributed by atoms with E-state index in [1.54, 1.807) is 11.3 Å². The number of aromatic nitrogens is 1. The third kappa shape index (κ3) is 5.14. The van der Waals surface area contributed by atoms with Gasteiger partial charge in [-0.1, -0.05) is 32.4 Å². The molecule has 1 atom stereocenters. The Labute approximate surface area is 131 Å². The van der Waals surface area contributed by atoms with Gasteiger partial charge in [-0.3, -0.25) is 4.98 Å². The summed E-state index contributed by atoms with van der Waals surface area (Å²) >= 11 is 1.71. The van der Waals surface area contributed by atoms with Crippen LogP contribution >= 0.6 is 11.3 Å². The summed E-state index contributed by atoms with van der Waals surface area (Å²) < 4.78 is 5.72. The van der Waals surface area contributed by atoms with Crippen LogP contribution in [0, 0.1) is 0 Å². The van der Waals surface area contributed by atoms with Crippen LogP contribution in [0.25, 0.3) is 0 Å². The van der Waals surface area contributed by atoms with Gasteiger partial charge in [0.2, 0.25) is 0 Å². The molecule has 1 aromatic heterocycles. The summed E-state index contributed by atoms with van der Waals surface area (Å²) in [6.07, 6.45) is 5.20. The van der Waals surface area contributed by atoms with Crippen molar-refractivity contribution in [2.45, 2.75) is 39.2 Å². The monoisotopic (exact) mass is 304 g/mol. The number of nitrogens with zero attached hydrogens (tertiary/aromatic N) is 1. The highest BCUT2D eigenvalue weighted by Crippen LogP contribution is 2.23. The van der Waals surface area contributed by atoms with E-state index in [-0.39, 0.29) is 0 Å². The van der Waals surface area contributed by atoms with E-state index in [1.807, 2.05) is 11.7 Å². The van der Waals surface area contributed by atoms with Gasteiger partial charge in [0.25, 0.3) is 0 Å². The highest BCUT2D eigenvalue weighted by atomic mass is 32.1. The molecule has 2 aromatic rings. The molecule has 0 radical (unpaired) electrons. The summed E-state index contributed by atoms with van der Waals surface area (Å²) in [5.74, 6) is 0.959. The zero-order valence-electron chi connectivity index (χ0n) is 12.8. The van der Waals surface area contributed by atoms with Crippen molar-refractivity contribution in [2.24, 2.45) is 0 Å². The second-order valence-electron chi connectivity index (χ2n) is 5.05. The van der Waals surface area contributed by atoms with E-state index >= 15 is 0 Å². The average Bonchev–Trinajstić information content (AvgIpc) is 3.01. The lowest BCUT2D eigenvalue weighted by molar-refractivity contribution is 0.309. The quantitative estimate of drug-likeness (QED) is 0.704. The normalized spacial score (nSPS) is 12.3. The first-order valence-electron chi connectivity index (χ1n) is 7.67. The maximum absolute atomic E-state index is 5.72. The zero-order valence-corrected chi connectivity index (χ0v) is 13.7. The molecular weight excluding hydrogens is 280 g/mol. The molecule has 1 N–H and O–H groups in total. The molecule has 1 unspecified atom stereocenters. The molecule has 0 saturated heterocycles. The first kappa shape index (κ1) is 16.0. The van der Waals surface area contributed by atoms with Gasteiger partial charge in [0, 0.05) is 23.5 Å². The van der Waals surface area contributed by atoms with Crippen molar-refractivity contribution >= 4 is 11.3 Å². The van der Waals surface area contributed by atoms with Crippen molar-refractivity contribution in [3.05, 3.63) is 46.4 Å². The predicted octanol–water partition coefficient (Wildman–Crippen LogP) is 4.22. The van der Waals surface area contributed by atoms with Crippen LogP contribution in [0.15, 0.2) is 36.0 Å². The van der Waals surface area contributed by atoms with Crippen molar-refractivity contribution in [3.8, 4) is 5.75 Å². The van der Waals surface area contributed by atoms with Gasteiger partial charge in [0.15, 0.2) is 0 Å². The molecule has 0 spiro atoms. The molecule has 2 rings (SSSR count). The molecule has 114 valence electrons. The summed E-state index contributed by atoms with van der Waals surface area (Å²) in [7, 11) is 0. The molecular formula is C17H24N2OS. The fraction of sp³-hybridized carbons (Fsp3) is 0.471. The largest absolute Gasteiger partial charge is 0.494 e. The van der Waals surface area contributed by atoms with Crippen molar-refractivity contribution in [2.75, 3.05) is 13.2 Å². The lowest BCUT2D eigenvalue weighted by Gasteiger charge is -2.18. The number of nitrogens with one attached hydrogen (secondary N) is 1. The Hall–Kier alpha value is -1.39. The van der Waals surface area contributed by atoms with Crippen LogP contribution in [-0.4, -0.2) is 18.1 Å². The number of rotatable bonds is 9. The molecule has 0 aliphatic heterocycles. The number of thiazole rings is 1. The summed E-state index contributed by atoms with van der Waals surface area (Å²) in [6, 6.07) is 8.80. The molecule has 0 fully saturated rings. The fourth-order valence-electron chi connectivity index (χ4n) is 2.23. The van der Waals surface area contributed by atoms with Crippen molar-refractivity contribution in [1.29, 1.82) is 0 Å². The SMILES string of the molecule is CCCCOc1ccc(C(Cc2cncs2)NCC)cc1. The first-order chi connectivity index (χ1) is 10.3.